The van der Waals surface area contributed by atoms with Crippen molar-refractivity contribution in [2.75, 3.05) is 19.3 Å². The van der Waals surface area contributed by atoms with Crippen LogP contribution in [0.1, 0.15) is 5.56 Å². The van der Waals surface area contributed by atoms with Crippen LogP contribution in [0.25, 0.3) is 0 Å². The molecule has 1 aromatic rings. The first kappa shape index (κ1) is 13.5. The van der Waals surface area contributed by atoms with E-state index >= 15 is 0 Å². The minimum Gasteiger partial charge on any atom is -0.353 e. The van der Waals surface area contributed by atoms with Crippen LogP contribution in [0.5, 0.6) is 0 Å². The zero-order valence-electron chi connectivity index (χ0n) is 9.46. The lowest BCUT2D eigenvalue weighted by atomic mass is 10.2. The lowest BCUT2D eigenvalue weighted by Gasteiger charge is -2.11. The lowest BCUT2D eigenvalue weighted by Crippen LogP contribution is -2.17. The van der Waals surface area contributed by atoms with Gasteiger partial charge in [0.05, 0.1) is 16.3 Å². The molecular formula is C11H10ClF3N2S. The summed E-state index contributed by atoms with van der Waals surface area (Å²) in [6, 6.07) is 3.19. The van der Waals surface area contributed by atoms with E-state index in [9.17, 15) is 13.2 Å². The molecule has 0 aromatic heterocycles. The fourth-order valence-corrected chi connectivity index (χ4v) is 2.72. The molecule has 0 N–H and O–H groups in total. The maximum atomic E-state index is 12.5. The number of alkyl halides is 3. The number of nitrogens with zero attached hydrogens (tertiary/aromatic N) is 2. The van der Waals surface area contributed by atoms with Gasteiger partial charge in [-0.25, -0.2) is 4.99 Å². The average molecular weight is 295 g/mol. The Morgan fingerprint density at radius 3 is 2.61 bits per heavy atom. The fourth-order valence-electron chi connectivity index (χ4n) is 1.47. The highest BCUT2D eigenvalue weighted by atomic mass is 35.5. The molecule has 0 atom stereocenters. The van der Waals surface area contributed by atoms with Gasteiger partial charge in [0.2, 0.25) is 0 Å². The number of halogens is 4. The van der Waals surface area contributed by atoms with E-state index in [0.717, 1.165) is 29.6 Å². The molecule has 0 unspecified atom stereocenters. The first-order chi connectivity index (χ1) is 8.38. The zero-order chi connectivity index (χ0) is 13.3. The summed E-state index contributed by atoms with van der Waals surface area (Å²) in [4.78, 5) is 6.21. The summed E-state index contributed by atoms with van der Waals surface area (Å²) in [5.74, 6) is 0.924. The highest BCUT2D eigenvalue weighted by molar-refractivity contribution is 8.14. The molecular weight excluding hydrogens is 285 g/mol. The van der Waals surface area contributed by atoms with Crippen LogP contribution in [0.4, 0.5) is 18.9 Å². The fraction of sp³-hybridized carbons (Fsp3) is 0.364. The molecule has 98 valence electrons. The van der Waals surface area contributed by atoms with Crippen LogP contribution in [0.15, 0.2) is 23.2 Å². The summed E-state index contributed by atoms with van der Waals surface area (Å²) in [7, 11) is 1.89. The van der Waals surface area contributed by atoms with Crippen molar-refractivity contribution in [3.05, 3.63) is 28.8 Å². The minimum atomic E-state index is -4.38. The second-order valence-corrected chi connectivity index (χ2v) is 5.30. The normalized spacial score (nSPS) is 18.7. The number of amidine groups is 1. The highest BCUT2D eigenvalue weighted by Crippen LogP contribution is 2.35. The molecule has 2 rings (SSSR count). The van der Waals surface area contributed by atoms with E-state index in [4.69, 9.17) is 11.6 Å². The summed E-state index contributed by atoms with van der Waals surface area (Å²) >= 11 is 7.39. The van der Waals surface area contributed by atoms with E-state index < -0.39 is 11.7 Å². The summed E-state index contributed by atoms with van der Waals surface area (Å²) in [6.45, 7) is 0.877. The molecule has 1 fully saturated rings. The average Bonchev–Trinajstić information content (AvgIpc) is 2.66. The second kappa shape index (κ2) is 5.01. The lowest BCUT2D eigenvalue weighted by molar-refractivity contribution is -0.137. The number of thioether (sulfide) groups is 1. The van der Waals surface area contributed by atoms with Crippen molar-refractivity contribution < 1.29 is 13.2 Å². The van der Waals surface area contributed by atoms with Crippen molar-refractivity contribution in [3.63, 3.8) is 0 Å². The van der Waals surface area contributed by atoms with Crippen LogP contribution < -0.4 is 0 Å². The predicted molar refractivity (Wildman–Crippen MR) is 68.6 cm³/mol. The van der Waals surface area contributed by atoms with Gasteiger partial charge in [0.25, 0.3) is 0 Å². The number of rotatable bonds is 1. The van der Waals surface area contributed by atoms with Gasteiger partial charge in [0.1, 0.15) is 0 Å². The molecule has 0 spiro atoms. The van der Waals surface area contributed by atoms with E-state index in [1.807, 2.05) is 11.9 Å². The highest BCUT2D eigenvalue weighted by Gasteiger charge is 2.31. The zero-order valence-corrected chi connectivity index (χ0v) is 11.0. The molecule has 1 heterocycles. The molecule has 1 aliphatic rings. The molecule has 0 saturated carbocycles. The third kappa shape index (κ3) is 2.92. The first-order valence-corrected chi connectivity index (χ1v) is 6.53. The smallest absolute Gasteiger partial charge is 0.353 e. The molecule has 18 heavy (non-hydrogen) atoms. The van der Waals surface area contributed by atoms with E-state index in [-0.39, 0.29) is 5.02 Å². The molecule has 7 heteroatoms. The molecule has 0 amide bonds. The Morgan fingerprint density at radius 1 is 1.39 bits per heavy atom. The number of hydrogen-bond acceptors (Lipinski definition) is 2. The van der Waals surface area contributed by atoms with Crippen molar-refractivity contribution in [1.82, 2.24) is 4.90 Å². The Labute approximate surface area is 112 Å². The first-order valence-electron chi connectivity index (χ1n) is 5.17. The monoisotopic (exact) mass is 294 g/mol. The van der Waals surface area contributed by atoms with Crippen molar-refractivity contribution in [2.45, 2.75) is 6.18 Å². The third-order valence-corrected chi connectivity index (χ3v) is 3.83. The molecule has 2 nitrogen and oxygen atoms in total. The van der Waals surface area contributed by atoms with Crippen LogP contribution in [-0.2, 0) is 6.18 Å². The molecule has 1 saturated heterocycles. The van der Waals surface area contributed by atoms with E-state index in [1.165, 1.54) is 6.07 Å². The van der Waals surface area contributed by atoms with Gasteiger partial charge in [-0.3, -0.25) is 0 Å². The molecule has 1 aliphatic heterocycles. The van der Waals surface area contributed by atoms with E-state index in [2.05, 4.69) is 4.99 Å². The maximum Gasteiger partial charge on any atom is 0.416 e. The van der Waals surface area contributed by atoms with Gasteiger partial charge >= 0.3 is 6.18 Å². The van der Waals surface area contributed by atoms with Gasteiger partial charge in [-0.2, -0.15) is 13.2 Å². The Kier molecular flexibility index (Phi) is 3.77. The molecule has 0 bridgehead atoms. The third-order valence-electron chi connectivity index (χ3n) is 2.48. The number of hydrogen-bond donors (Lipinski definition) is 0. The van der Waals surface area contributed by atoms with Crippen LogP contribution in [-0.4, -0.2) is 29.4 Å². The topological polar surface area (TPSA) is 15.6 Å². The van der Waals surface area contributed by atoms with E-state index in [1.54, 1.807) is 11.8 Å². The van der Waals surface area contributed by atoms with Crippen molar-refractivity contribution in [1.29, 1.82) is 0 Å². The quantitative estimate of drug-likeness (QED) is 0.777. The largest absolute Gasteiger partial charge is 0.416 e. The molecule has 0 aliphatic carbocycles. The van der Waals surface area contributed by atoms with Crippen molar-refractivity contribution in [3.8, 4) is 0 Å². The summed E-state index contributed by atoms with van der Waals surface area (Å²) < 4.78 is 37.4. The van der Waals surface area contributed by atoms with E-state index in [0.29, 0.717) is 5.69 Å². The Bertz CT molecular complexity index is 488. The SMILES string of the molecule is CN1CCSC1=Nc1ccc(C(F)(F)F)cc1Cl. The van der Waals surface area contributed by atoms with Crippen LogP contribution in [0.3, 0.4) is 0 Å². The van der Waals surface area contributed by atoms with Gasteiger partial charge in [0.15, 0.2) is 5.17 Å². The minimum absolute atomic E-state index is 0.0122. The van der Waals surface area contributed by atoms with Gasteiger partial charge in [-0.15, -0.1) is 0 Å². The van der Waals surface area contributed by atoms with Crippen LogP contribution >= 0.6 is 23.4 Å². The Morgan fingerprint density at radius 2 is 2.11 bits per heavy atom. The van der Waals surface area contributed by atoms with Crippen LogP contribution in [0.2, 0.25) is 5.02 Å². The van der Waals surface area contributed by atoms with Gasteiger partial charge < -0.3 is 4.90 Å². The summed E-state index contributed by atoms with van der Waals surface area (Å²) in [6.07, 6.45) is -4.38. The summed E-state index contributed by atoms with van der Waals surface area (Å²) in [5.41, 5.74) is -0.398. The summed E-state index contributed by atoms with van der Waals surface area (Å²) in [5, 5.41) is 0.787. The standard InChI is InChI=1S/C11H10ClF3N2S/c1-17-4-5-18-10(17)16-9-3-2-7(6-8(9)12)11(13,14)15/h2-3,6H,4-5H2,1H3. The Balaban J connectivity index is 2.31. The van der Waals surface area contributed by atoms with Gasteiger partial charge in [-0.05, 0) is 18.2 Å². The number of benzene rings is 1. The molecule has 0 radical (unpaired) electrons. The number of aliphatic imine (C=N–C) groups is 1. The second-order valence-electron chi connectivity index (χ2n) is 3.83. The Hall–Kier alpha value is -0.880. The van der Waals surface area contributed by atoms with Gasteiger partial charge in [-0.1, -0.05) is 23.4 Å². The maximum absolute atomic E-state index is 12.5. The van der Waals surface area contributed by atoms with Crippen molar-refractivity contribution >= 4 is 34.2 Å². The molecule has 1 aromatic carbocycles. The van der Waals surface area contributed by atoms with Gasteiger partial charge in [0, 0.05) is 19.3 Å². The predicted octanol–water partition coefficient (Wildman–Crippen LogP) is 4.02. The van der Waals surface area contributed by atoms with Crippen molar-refractivity contribution in [2.24, 2.45) is 4.99 Å². The van der Waals surface area contributed by atoms with Crippen LogP contribution in [0, 0.1) is 0 Å².